The van der Waals surface area contributed by atoms with Crippen LogP contribution in [0.5, 0.6) is 0 Å². The van der Waals surface area contributed by atoms with Gasteiger partial charge in [-0.05, 0) is 38.5 Å². The summed E-state index contributed by atoms with van der Waals surface area (Å²) in [5.74, 6) is -1.12. The Labute approximate surface area is 225 Å². The zero-order valence-electron chi connectivity index (χ0n) is 21.2. The van der Waals surface area contributed by atoms with Crippen LogP contribution in [0, 0.1) is 16.0 Å². The maximum absolute atomic E-state index is 13.4. The van der Waals surface area contributed by atoms with Crippen LogP contribution in [0.25, 0.3) is 0 Å². The smallest absolute Gasteiger partial charge is 0.309 e. The fourth-order valence-electron chi connectivity index (χ4n) is 4.81. The number of hydrogen-bond donors (Lipinski definition) is 1. The van der Waals surface area contributed by atoms with Crippen molar-refractivity contribution in [1.29, 1.82) is 0 Å². The lowest BCUT2D eigenvalue weighted by molar-refractivity contribution is -0.387. The average Bonchev–Trinajstić information content (AvgIpc) is 3.19. The van der Waals surface area contributed by atoms with Crippen molar-refractivity contribution in [3.05, 3.63) is 63.7 Å². The third-order valence-corrected chi connectivity index (χ3v) is 8.81. The predicted octanol–water partition coefficient (Wildman–Crippen LogP) is 2.97. The lowest BCUT2D eigenvalue weighted by Crippen LogP contribution is -2.65. The van der Waals surface area contributed by atoms with Crippen molar-refractivity contribution in [1.82, 2.24) is 9.62 Å². The van der Waals surface area contributed by atoms with Gasteiger partial charge in [-0.3, -0.25) is 24.6 Å². The number of benzene rings is 2. The first-order chi connectivity index (χ1) is 17.8. The van der Waals surface area contributed by atoms with E-state index >= 15 is 0 Å². The van der Waals surface area contributed by atoms with E-state index in [-0.39, 0.29) is 32.0 Å². The van der Waals surface area contributed by atoms with Gasteiger partial charge in [0, 0.05) is 24.7 Å². The van der Waals surface area contributed by atoms with Crippen LogP contribution < -0.4 is 9.62 Å². The lowest BCUT2D eigenvalue weighted by atomic mass is 9.95. The molecule has 3 atom stereocenters. The Morgan fingerprint density at radius 3 is 2.47 bits per heavy atom. The Balaban J connectivity index is 1.63. The second-order valence-corrected chi connectivity index (χ2v) is 12.3. The van der Waals surface area contributed by atoms with E-state index < -0.39 is 55.1 Å². The first-order valence-electron chi connectivity index (χ1n) is 12.1. The molecule has 204 valence electrons. The third-order valence-electron chi connectivity index (χ3n) is 6.95. The summed E-state index contributed by atoms with van der Waals surface area (Å²) in [6.45, 7) is 5.78. The highest BCUT2D eigenvalue weighted by Crippen LogP contribution is 2.33. The molecule has 2 fully saturated rings. The summed E-state index contributed by atoms with van der Waals surface area (Å²) in [4.78, 5) is 39.1. The summed E-state index contributed by atoms with van der Waals surface area (Å²) in [6.07, 6.45) is -0.556. The quantitative estimate of drug-likeness (QED) is 0.293. The molecule has 2 heterocycles. The molecule has 2 saturated heterocycles. The van der Waals surface area contributed by atoms with Gasteiger partial charge >= 0.3 is 5.97 Å². The van der Waals surface area contributed by atoms with E-state index in [1.807, 2.05) is 18.7 Å². The maximum atomic E-state index is 13.4. The van der Waals surface area contributed by atoms with Crippen LogP contribution in [-0.4, -0.2) is 67.4 Å². The van der Waals surface area contributed by atoms with Gasteiger partial charge in [-0.2, -0.15) is 0 Å². The van der Waals surface area contributed by atoms with Crippen molar-refractivity contribution in [3.63, 3.8) is 0 Å². The van der Waals surface area contributed by atoms with E-state index in [0.717, 1.165) is 12.1 Å². The molecule has 0 spiro atoms. The van der Waals surface area contributed by atoms with E-state index in [4.69, 9.17) is 16.3 Å². The van der Waals surface area contributed by atoms with Crippen LogP contribution >= 0.6 is 11.6 Å². The van der Waals surface area contributed by atoms with Gasteiger partial charge in [0.2, 0.25) is 15.9 Å². The molecule has 4 rings (SSSR count). The monoisotopic (exact) mass is 564 g/mol. The lowest BCUT2D eigenvalue weighted by Gasteiger charge is -2.48. The number of nitro benzene ring substituents is 1. The molecule has 2 aromatic carbocycles. The summed E-state index contributed by atoms with van der Waals surface area (Å²) in [7, 11) is -4.39. The number of carbonyl (C=O) groups is 2. The maximum Gasteiger partial charge on any atom is 0.309 e. The summed E-state index contributed by atoms with van der Waals surface area (Å²) in [5.41, 5.74) is -0.609. The van der Waals surface area contributed by atoms with E-state index in [2.05, 4.69) is 4.72 Å². The number of esters is 1. The van der Waals surface area contributed by atoms with Gasteiger partial charge in [0.1, 0.15) is 6.10 Å². The topological polar surface area (TPSA) is 139 Å². The number of carbonyl (C=O) groups excluding carboxylic acids is 2. The SMILES string of the molecule is C[C@@H]1C[C@@H]([C@H](CN2CC(=O)N(c3ccccc3Cl)CC2(C)C)NS(=O)(=O)c2ccccc2[N+](=O)[O-])OC1=O. The Hall–Kier alpha value is -3.06. The zero-order valence-corrected chi connectivity index (χ0v) is 22.7. The van der Waals surface area contributed by atoms with Crippen molar-refractivity contribution in [2.24, 2.45) is 5.92 Å². The molecular formula is C25H29ClN4O7S. The first-order valence-corrected chi connectivity index (χ1v) is 13.9. The van der Waals surface area contributed by atoms with Gasteiger partial charge in [0.25, 0.3) is 5.69 Å². The number of amides is 1. The minimum Gasteiger partial charge on any atom is -0.460 e. The van der Waals surface area contributed by atoms with E-state index in [9.17, 15) is 28.1 Å². The summed E-state index contributed by atoms with van der Waals surface area (Å²) < 4.78 is 34.8. The number of sulfonamides is 1. The normalized spacial score (nSPS) is 22.8. The Kier molecular flexibility index (Phi) is 7.80. The number of nitrogens with zero attached hydrogens (tertiary/aromatic N) is 3. The molecule has 13 heteroatoms. The second-order valence-electron chi connectivity index (χ2n) is 10.2. The first kappa shape index (κ1) is 28.0. The van der Waals surface area contributed by atoms with Crippen LogP contribution in [-0.2, 0) is 24.3 Å². The Morgan fingerprint density at radius 1 is 1.18 bits per heavy atom. The van der Waals surface area contributed by atoms with E-state index in [1.165, 1.54) is 12.1 Å². The molecule has 38 heavy (non-hydrogen) atoms. The number of anilines is 1. The van der Waals surface area contributed by atoms with Gasteiger partial charge in [-0.1, -0.05) is 42.8 Å². The highest BCUT2D eigenvalue weighted by molar-refractivity contribution is 7.89. The fraction of sp³-hybridized carbons (Fsp3) is 0.440. The zero-order chi connectivity index (χ0) is 27.8. The van der Waals surface area contributed by atoms with Crippen molar-refractivity contribution < 1.29 is 27.7 Å². The largest absolute Gasteiger partial charge is 0.460 e. The number of rotatable bonds is 8. The molecule has 0 radical (unpaired) electrons. The fourth-order valence-corrected chi connectivity index (χ4v) is 6.48. The van der Waals surface area contributed by atoms with Gasteiger partial charge in [-0.15, -0.1) is 0 Å². The highest BCUT2D eigenvalue weighted by Gasteiger charge is 2.44. The molecule has 1 N–H and O–H groups in total. The van der Waals surface area contributed by atoms with Crippen molar-refractivity contribution in [3.8, 4) is 0 Å². The molecule has 11 nitrogen and oxygen atoms in total. The number of halogens is 1. The van der Waals surface area contributed by atoms with Crippen LogP contribution in [0.2, 0.25) is 5.02 Å². The number of nitro groups is 1. The molecule has 2 aliphatic rings. The van der Waals surface area contributed by atoms with Crippen molar-refractivity contribution >= 4 is 44.9 Å². The van der Waals surface area contributed by atoms with Gasteiger partial charge in [0.15, 0.2) is 4.90 Å². The molecule has 0 bridgehead atoms. The standard InChI is InChI=1S/C25H29ClN4O7S/c1-16-12-21(37-24(16)32)18(27-38(35,36)22-11-7-6-10-20(22)30(33)34)13-28-14-23(31)29(15-25(28,2)3)19-9-5-4-8-17(19)26/h4-11,16,18,21,27H,12-15H2,1-3H3/t16-,18+,21+/m1/s1. The second kappa shape index (κ2) is 10.6. The van der Waals surface area contributed by atoms with Gasteiger partial charge < -0.3 is 9.64 Å². The Bertz CT molecular complexity index is 1370. The predicted molar refractivity (Wildman–Crippen MR) is 140 cm³/mol. The van der Waals surface area contributed by atoms with Gasteiger partial charge in [0.05, 0.1) is 34.1 Å². The molecule has 0 aliphatic carbocycles. The van der Waals surface area contributed by atoms with Crippen LogP contribution in [0.15, 0.2) is 53.4 Å². The molecule has 2 aromatic rings. The summed E-state index contributed by atoms with van der Waals surface area (Å²) in [5, 5.41) is 11.9. The molecular weight excluding hydrogens is 536 g/mol. The number of nitrogens with one attached hydrogen (secondary N) is 1. The minimum atomic E-state index is -4.39. The van der Waals surface area contributed by atoms with E-state index in [1.54, 1.807) is 36.1 Å². The van der Waals surface area contributed by atoms with Crippen molar-refractivity contribution in [2.45, 2.75) is 49.8 Å². The number of cyclic esters (lactones) is 1. The molecule has 0 saturated carbocycles. The molecule has 0 aromatic heterocycles. The van der Waals surface area contributed by atoms with Crippen LogP contribution in [0.3, 0.4) is 0 Å². The summed E-state index contributed by atoms with van der Waals surface area (Å²) >= 11 is 6.34. The van der Waals surface area contributed by atoms with Gasteiger partial charge in [-0.25, -0.2) is 13.1 Å². The molecule has 1 amide bonds. The number of hydrogen-bond acceptors (Lipinski definition) is 8. The minimum absolute atomic E-state index is 0.0274. The number of para-hydroxylation sites is 2. The number of piperazine rings is 1. The van der Waals surface area contributed by atoms with Crippen LogP contribution in [0.4, 0.5) is 11.4 Å². The van der Waals surface area contributed by atoms with Crippen LogP contribution in [0.1, 0.15) is 27.2 Å². The Morgan fingerprint density at radius 2 is 1.84 bits per heavy atom. The average molecular weight is 565 g/mol. The van der Waals surface area contributed by atoms with E-state index in [0.29, 0.717) is 10.7 Å². The highest BCUT2D eigenvalue weighted by atomic mass is 35.5. The summed E-state index contributed by atoms with van der Waals surface area (Å²) in [6, 6.07) is 11.1. The molecule has 2 aliphatic heterocycles. The van der Waals surface area contributed by atoms with Crippen molar-refractivity contribution in [2.75, 3.05) is 24.5 Å². The molecule has 0 unspecified atom stereocenters. The third kappa shape index (κ3) is 5.68. The number of ether oxygens (including phenoxy) is 1.